The summed E-state index contributed by atoms with van der Waals surface area (Å²) in [6.07, 6.45) is 17.7. The maximum atomic E-state index is 6.10. The molecule has 0 aromatic heterocycles. The van der Waals surface area contributed by atoms with Crippen LogP contribution in [-0.4, -0.2) is 18.0 Å². The Morgan fingerprint density at radius 3 is 1.97 bits per heavy atom. The van der Waals surface area contributed by atoms with Crippen molar-refractivity contribution < 1.29 is 9.47 Å². The summed E-state index contributed by atoms with van der Waals surface area (Å²) in [4.78, 5) is 0.742. The Bertz CT molecular complexity index is 586. The first-order valence-corrected chi connectivity index (χ1v) is 14.1. The van der Waals surface area contributed by atoms with Gasteiger partial charge in [-0.15, -0.1) is 0 Å². The van der Waals surface area contributed by atoms with Gasteiger partial charge in [-0.05, 0) is 86.5 Å². The first kappa shape index (κ1) is 24.9. The van der Waals surface area contributed by atoms with Crippen molar-refractivity contribution in [1.82, 2.24) is 0 Å². The van der Waals surface area contributed by atoms with Crippen molar-refractivity contribution in [3.05, 3.63) is 24.3 Å². The van der Waals surface area contributed by atoms with E-state index in [9.17, 15) is 0 Å². The van der Waals surface area contributed by atoms with Crippen molar-refractivity contribution >= 4 is 15.9 Å². The molecule has 1 aromatic rings. The van der Waals surface area contributed by atoms with Gasteiger partial charge in [0.2, 0.25) is 0 Å². The summed E-state index contributed by atoms with van der Waals surface area (Å²) in [5.74, 6) is 5.49. The molecule has 0 amide bonds. The van der Waals surface area contributed by atoms with E-state index in [-0.39, 0.29) is 0 Å². The van der Waals surface area contributed by atoms with E-state index in [1.165, 1.54) is 77.0 Å². The number of halogens is 1. The van der Waals surface area contributed by atoms with E-state index >= 15 is 0 Å². The van der Waals surface area contributed by atoms with Crippen LogP contribution in [0.15, 0.2) is 24.3 Å². The molecule has 0 heterocycles. The number of rotatable bonds is 12. The number of hydrogen-bond donors (Lipinski definition) is 0. The molecule has 1 unspecified atom stereocenters. The van der Waals surface area contributed by atoms with Crippen LogP contribution in [0.5, 0.6) is 11.5 Å². The van der Waals surface area contributed by atoms with Gasteiger partial charge in [0.15, 0.2) is 0 Å². The van der Waals surface area contributed by atoms with Crippen molar-refractivity contribution in [3.8, 4) is 11.5 Å². The highest BCUT2D eigenvalue weighted by Crippen LogP contribution is 2.40. The third kappa shape index (κ3) is 8.63. The van der Waals surface area contributed by atoms with Gasteiger partial charge >= 0.3 is 0 Å². The average Bonchev–Trinajstić information content (AvgIpc) is 2.80. The largest absolute Gasteiger partial charge is 0.494 e. The number of alkyl halides is 1. The summed E-state index contributed by atoms with van der Waals surface area (Å²) in [6.45, 7) is 6.18. The molecular weight excluding hydrogens is 448 g/mol. The van der Waals surface area contributed by atoms with E-state index in [0.29, 0.717) is 0 Å². The summed E-state index contributed by atoms with van der Waals surface area (Å²) < 4.78 is 11.8. The lowest BCUT2D eigenvalue weighted by atomic mass is 9.75. The first-order chi connectivity index (χ1) is 15.2. The first-order valence-electron chi connectivity index (χ1n) is 13.2. The molecule has 2 nitrogen and oxygen atoms in total. The van der Waals surface area contributed by atoms with Gasteiger partial charge in [0.25, 0.3) is 0 Å². The number of benzene rings is 1. The molecule has 2 aliphatic carbocycles. The van der Waals surface area contributed by atoms with Crippen LogP contribution < -0.4 is 9.47 Å². The minimum atomic E-state index is 0.718. The third-order valence-corrected chi connectivity index (χ3v) is 8.82. The van der Waals surface area contributed by atoms with Crippen LogP contribution in [0, 0.1) is 23.7 Å². The van der Waals surface area contributed by atoms with Crippen LogP contribution in [0.1, 0.15) is 97.3 Å². The maximum Gasteiger partial charge on any atom is 0.119 e. The molecule has 3 rings (SSSR count). The maximum absolute atomic E-state index is 6.10. The molecule has 0 aliphatic heterocycles. The van der Waals surface area contributed by atoms with Crippen LogP contribution in [0.4, 0.5) is 0 Å². The van der Waals surface area contributed by atoms with Gasteiger partial charge < -0.3 is 9.47 Å². The van der Waals surface area contributed by atoms with Gasteiger partial charge in [-0.1, -0.05) is 74.7 Å². The SMILES string of the molecule is CCCCOc1ccc(OCC2CCC(CC(Br)C3CCC(CCC)CC3)CC2)cc1. The van der Waals surface area contributed by atoms with Gasteiger partial charge in [0.1, 0.15) is 11.5 Å². The van der Waals surface area contributed by atoms with Crippen LogP contribution in [0.25, 0.3) is 0 Å². The predicted octanol–water partition coefficient (Wildman–Crippen LogP) is 8.81. The second kappa shape index (κ2) is 13.8. The highest BCUT2D eigenvalue weighted by molar-refractivity contribution is 9.09. The lowest BCUT2D eigenvalue weighted by Gasteiger charge is -2.35. The van der Waals surface area contributed by atoms with Crippen molar-refractivity contribution in [3.63, 3.8) is 0 Å². The van der Waals surface area contributed by atoms with Crippen LogP contribution in [0.2, 0.25) is 0 Å². The van der Waals surface area contributed by atoms with Crippen LogP contribution in [-0.2, 0) is 0 Å². The van der Waals surface area contributed by atoms with E-state index in [1.54, 1.807) is 0 Å². The molecule has 0 N–H and O–H groups in total. The number of hydrogen-bond acceptors (Lipinski definition) is 2. The second-order valence-corrected chi connectivity index (χ2v) is 11.4. The summed E-state index contributed by atoms with van der Waals surface area (Å²) in [7, 11) is 0. The van der Waals surface area contributed by atoms with Gasteiger partial charge in [0.05, 0.1) is 13.2 Å². The van der Waals surface area contributed by atoms with Crippen LogP contribution in [0.3, 0.4) is 0 Å². The minimum absolute atomic E-state index is 0.718. The predicted molar refractivity (Wildman–Crippen MR) is 135 cm³/mol. The summed E-state index contributed by atoms with van der Waals surface area (Å²) in [6, 6.07) is 8.18. The lowest BCUT2D eigenvalue weighted by molar-refractivity contribution is 0.171. The molecule has 3 heteroatoms. The molecule has 2 aliphatic rings. The zero-order valence-electron chi connectivity index (χ0n) is 20.0. The molecule has 0 bridgehead atoms. The van der Waals surface area contributed by atoms with E-state index in [0.717, 1.165) is 59.6 Å². The van der Waals surface area contributed by atoms with Crippen molar-refractivity contribution in [2.45, 2.75) is 102 Å². The van der Waals surface area contributed by atoms with E-state index in [4.69, 9.17) is 9.47 Å². The highest BCUT2D eigenvalue weighted by Gasteiger charge is 2.29. The normalized spacial score (nSPS) is 27.6. The van der Waals surface area contributed by atoms with Crippen LogP contribution >= 0.6 is 15.9 Å². The molecule has 2 fully saturated rings. The highest BCUT2D eigenvalue weighted by atomic mass is 79.9. The molecule has 0 radical (unpaired) electrons. The summed E-state index contributed by atoms with van der Waals surface area (Å²) >= 11 is 4.10. The fraction of sp³-hybridized carbons (Fsp3) is 0.786. The van der Waals surface area contributed by atoms with Crippen molar-refractivity contribution in [2.24, 2.45) is 23.7 Å². The van der Waals surface area contributed by atoms with Gasteiger partial charge in [-0.2, -0.15) is 0 Å². The lowest BCUT2D eigenvalue weighted by Crippen LogP contribution is -2.26. The quantitative estimate of drug-likeness (QED) is 0.214. The average molecular weight is 494 g/mol. The van der Waals surface area contributed by atoms with E-state index in [1.807, 2.05) is 12.1 Å². The molecule has 0 saturated heterocycles. The molecule has 1 aromatic carbocycles. The monoisotopic (exact) mass is 492 g/mol. The molecule has 2 saturated carbocycles. The summed E-state index contributed by atoms with van der Waals surface area (Å²) in [5, 5.41) is 0. The van der Waals surface area contributed by atoms with E-state index in [2.05, 4.69) is 41.9 Å². The van der Waals surface area contributed by atoms with Crippen molar-refractivity contribution in [1.29, 1.82) is 0 Å². The zero-order chi connectivity index (χ0) is 21.9. The topological polar surface area (TPSA) is 18.5 Å². The summed E-state index contributed by atoms with van der Waals surface area (Å²) in [5.41, 5.74) is 0. The Labute approximate surface area is 200 Å². The molecular formula is C28H45BrO2. The smallest absolute Gasteiger partial charge is 0.119 e. The third-order valence-electron chi connectivity index (χ3n) is 7.70. The number of unbranched alkanes of at least 4 members (excludes halogenated alkanes) is 1. The molecule has 31 heavy (non-hydrogen) atoms. The Kier molecular flexibility index (Phi) is 11.1. The second-order valence-electron chi connectivity index (χ2n) is 10.2. The van der Waals surface area contributed by atoms with Crippen molar-refractivity contribution in [2.75, 3.05) is 13.2 Å². The molecule has 0 spiro atoms. The fourth-order valence-electron chi connectivity index (χ4n) is 5.57. The van der Waals surface area contributed by atoms with E-state index < -0.39 is 0 Å². The Hall–Kier alpha value is -0.700. The standard InChI is InChI=1S/C28H45BrO2/c1-3-5-19-30-26-15-17-27(18-16-26)31-21-24-9-7-23(8-10-24)20-28(29)25-13-11-22(6-4-2)12-14-25/h15-18,22-25,28H,3-14,19-21H2,1-2H3. The fourth-order valence-corrected chi connectivity index (χ4v) is 6.63. The molecule has 1 atom stereocenters. The van der Waals surface area contributed by atoms with Gasteiger partial charge in [-0.25, -0.2) is 0 Å². The Morgan fingerprint density at radius 2 is 1.35 bits per heavy atom. The number of ether oxygens (including phenoxy) is 2. The zero-order valence-corrected chi connectivity index (χ0v) is 21.6. The Morgan fingerprint density at radius 1 is 0.774 bits per heavy atom. The minimum Gasteiger partial charge on any atom is -0.494 e. The van der Waals surface area contributed by atoms with Gasteiger partial charge in [0, 0.05) is 4.83 Å². The van der Waals surface area contributed by atoms with Gasteiger partial charge in [-0.3, -0.25) is 0 Å². The Balaban J connectivity index is 1.30. The molecule has 176 valence electrons.